The van der Waals surface area contributed by atoms with Crippen molar-refractivity contribution in [1.82, 2.24) is 10.2 Å². The number of hydrogen-bond acceptors (Lipinski definition) is 3. The lowest BCUT2D eigenvalue weighted by atomic mass is 9.80. The van der Waals surface area contributed by atoms with Gasteiger partial charge < -0.3 is 15.3 Å². The molecule has 114 valence electrons. The van der Waals surface area contributed by atoms with Crippen LogP contribution in [0, 0.1) is 17.3 Å². The van der Waals surface area contributed by atoms with E-state index in [1.54, 1.807) is 0 Å². The summed E-state index contributed by atoms with van der Waals surface area (Å²) in [4.78, 5) is 25.4. The highest BCUT2D eigenvalue weighted by Gasteiger charge is 2.35. The van der Waals surface area contributed by atoms with E-state index in [0.29, 0.717) is 25.8 Å². The van der Waals surface area contributed by atoms with Gasteiger partial charge in [-0.2, -0.15) is 0 Å². The third-order valence-corrected chi connectivity index (χ3v) is 5.04. The molecule has 20 heavy (non-hydrogen) atoms. The second kappa shape index (κ2) is 6.12. The summed E-state index contributed by atoms with van der Waals surface area (Å²) >= 11 is 0. The highest BCUT2D eigenvalue weighted by Crippen LogP contribution is 2.32. The van der Waals surface area contributed by atoms with Crippen LogP contribution in [0.1, 0.15) is 39.0 Å². The first kappa shape index (κ1) is 15.3. The minimum atomic E-state index is -0.762. The summed E-state index contributed by atoms with van der Waals surface area (Å²) in [5.41, 5.74) is 0.187. The smallest absolute Gasteiger partial charge is 0.306 e. The molecule has 1 saturated heterocycles. The molecule has 5 nitrogen and oxygen atoms in total. The average molecular weight is 282 g/mol. The maximum atomic E-state index is 12.1. The van der Waals surface area contributed by atoms with E-state index in [-0.39, 0.29) is 23.2 Å². The Hall–Kier alpha value is -1.10. The van der Waals surface area contributed by atoms with Crippen LogP contribution in [0.3, 0.4) is 0 Å². The third-order valence-electron chi connectivity index (χ3n) is 5.04. The molecule has 0 radical (unpaired) electrons. The first-order valence-corrected chi connectivity index (χ1v) is 7.59. The van der Waals surface area contributed by atoms with Gasteiger partial charge in [-0.3, -0.25) is 9.59 Å². The quantitative estimate of drug-likeness (QED) is 0.816. The molecule has 1 heterocycles. The van der Waals surface area contributed by atoms with E-state index in [1.165, 1.54) is 0 Å². The van der Waals surface area contributed by atoms with Crippen LogP contribution in [0.4, 0.5) is 0 Å². The third kappa shape index (κ3) is 3.72. The van der Waals surface area contributed by atoms with Crippen LogP contribution in [0.5, 0.6) is 0 Å². The van der Waals surface area contributed by atoms with E-state index in [1.807, 2.05) is 0 Å². The Labute approximate surface area is 120 Å². The number of likely N-dealkylation sites (tertiary alicyclic amines) is 1. The van der Waals surface area contributed by atoms with Gasteiger partial charge in [0.15, 0.2) is 0 Å². The highest BCUT2D eigenvalue weighted by atomic mass is 16.4. The Bertz CT molecular complexity index is 375. The zero-order chi connectivity index (χ0) is 14.8. The van der Waals surface area contributed by atoms with Gasteiger partial charge in [0, 0.05) is 12.5 Å². The van der Waals surface area contributed by atoms with Crippen molar-refractivity contribution in [3.8, 4) is 0 Å². The maximum absolute atomic E-state index is 12.1. The lowest BCUT2D eigenvalue weighted by molar-refractivity contribution is -0.141. The number of carboxylic acid groups (broad SMARTS) is 1. The SMILES string of the molecule is CN1CCC(C)(CNC(=O)[C@@H]2CC[C@H](C(=O)O)C2)CC1. The van der Waals surface area contributed by atoms with Gasteiger partial charge in [0.25, 0.3) is 0 Å². The Kier molecular flexibility index (Phi) is 4.68. The lowest BCUT2D eigenvalue weighted by Crippen LogP contribution is -2.44. The summed E-state index contributed by atoms with van der Waals surface area (Å²) in [5, 5.41) is 12.0. The van der Waals surface area contributed by atoms with E-state index < -0.39 is 5.97 Å². The van der Waals surface area contributed by atoms with Crippen LogP contribution in [0.2, 0.25) is 0 Å². The molecular weight excluding hydrogens is 256 g/mol. The molecule has 1 saturated carbocycles. The molecule has 0 aromatic carbocycles. The molecule has 2 N–H and O–H groups in total. The second-order valence-electron chi connectivity index (χ2n) is 6.88. The largest absolute Gasteiger partial charge is 0.481 e. The molecule has 0 aromatic rings. The van der Waals surface area contributed by atoms with Crippen LogP contribution in [0.15, 0.2) is 0 Å². The summed E-state index contributed by atoms with van der Waals surface area (Å²) < 4.78 is 0. The van der Waals surface area contributed by atoms with E-state index in [9.17, 15) is 9.59 Å². The fraction of sp³-hybridized carbons (Fsp3) is 0.867. The number of hydrogen-bond donors (Lipinski definition) is 2. The van der Waals surface area contributed by atoms with E-state index in [0.717, 1.165) is 25.9 Å². The van der Waals surface area contributed by atoms with Crippen molar-refractivity contribution in [2.75, 3.05) is 26.7 Å². The lowest BCUT2D eigenvalue weighted by Gasteiger charge is -2.38. The Morgan fingerprint density at radius 3 is 2.40 bits per heavy atom. The zero-order valence-electron chi connectivity index (χ0n) is 12.5. The number of piperidine rings is 1. The number of nitrogens with zero attached hydrogens (tertiary/aromatic N) is 1. The number of aliphatic carboxylic acids is 1. The van der Waals surface area contributed by atoms with Gasteiger partial charge in [-0.15, -0.1) is 0 Å². The van der Waals surface area contributed by atoms with Crippen LogP contribution >= 0.6 is 0 Å². The van der Waals surface area contributed by atoms with Crippen molar-refractivity contribution in [3.63, 3.8) is 0 Å². The predicted molar refractivity (Wildman–Crippen MR) is 76.3 cm³/mol. The van der Waals surface area contributed by atoms with Crippen molar-refractivity contribution < 1.29 is 14.7 Å². The van der Waals surface area contributed by atoms with Crippen LogP contribution in [-0.2, 0) is 9.59 Å². The van der Waals surface area contributed by atoms with Crippen molar-refractivity contribution >= 4 is 11.9 Å². The van der Waals surface area contributed by atoms with E-state index >= 15 is 0 Å². The summed E-state index contributed by atoms with van der Waals surface area (Å²) in [6.07, 6.45) is 4.05. The van der Waals surface area contributed by atoms with Gasteiger partial charge in [0.2, 0.25) is 5.91 Å². The topological polar surface area (TPSA) is 69.6 Å². The monoisotopic (exact) mass is 282 g/mol. The normalized spacial score (nSPS) is 30.1. The molecule has 2 atom stereocenters. The van der Waals surface area contributed by atoms with Gasteiger partial charge in [-0.25, -0.2) is 0 Å². The molecular formula is C15H26N2O3. The molecule has 5 heteroatoms. The van der Waals surface area contributed by atoms with Gasteiger partial charge in [-0.05, 0) is 57.7 Å². The van der Waals surface area contributed by atoms with Gasteiger partial charge >= 0.3 is 5.97 Å². The molecule has 1 amide bonds. The predicted octanol–water partition coefficient (Wildman–Crippen LogP) is 1.34. The molecule has 2 fully saturated rings. The molecule has 1 aliphatic heterocycles. The standard InChI is InChI=1S/C15H26N2O3/c1-15(5-7-17(2)8-6-15)10-16-13(18)11-3-4-12(9-11)14(19)20/h11-12H,3-10H2,1-2H3,(H,16,18)(H,19,20)/t11-,12+/m1/s1. The average Bonchev–Trinajstić information content (AvgIpc) is 2.90. The molecule has 0 spiro atoms. The summed E-state index contributed by atoms with van der Waals surface area (Å²) in [7, 11) is 2.13. The molecule has 2 rings (SSSR count). The number of carbonyl (C=O) groups is 2. The molecule has 2 aliphatic rings. The fourth-order valence-electron chi connectivity index (χ4n) is 3.22. The van der Waals surface area contributed by atoms with E-state index in [4.69, 9.17) is 5.11 Å². The van der Waals surface area contributed by atoms with Crippen LogP contribution in [0.25, 0.3) is 0 Å². The summed E-state index contributed by atoms with van der Waals surface area (Å²) in [6.45, 7) is 5.11. The first-order valence-electron chi connectivity index (χ1n) is 7.59. The number of amides is 1. The van der Waals surface area contributed by atoms with Crippen LogP contribution < -0.4 is 5.32 Å². The van der Waals surface area contributed by atoms with Crippen molar-refractivity contribution in [3.05, 3.63) is 0 Å². The first-order chi connectivity index (χ1) is 9.39. The number of rotatable bonds is 4. The molecule has 1 aliphatic carbocycles. The molecule has 0 bridgehead atoms. The second-order valence-corrected chi connectivity index (χ2v) is 6.88. The summed E-state index contributed by atoms with van der Waals surface area (Å²) in [6, 6.07) is 0. The Morgan fingerprint density at radius 1 is 1.25 bits per heavy atom. The number of nitrogens with one attached hydrogen (secondary N) is 1. The Balaban J connectivity index is 1.77. The molecule has 0 aromatic heterocycles. The van der Waals surface area contributed by atoms with E-state index in [2.05, 4.69) is 24.2 Å². The maximum Gasteiger partial charge on any atom is 0.306 e. The van der Waals surface area contributed by atoms with Gasteiger partial charge in [0.05, 0.1) is 5.92 Å². The molecule has 0 unspecified atom stereocenters. The number of carboxylic acids is 1. The fourth-order valence-corrected chi connectivity index (χ4v) is 3.22. The van der Waals surface area contributed by atoms with Crippen LogP contribution in [-0.4, -0.2) is 48.6 Å². The van der Waals surface area contributed by atoms with Crippen molar-refractivity contribution in [2.24, 2.45) is 17.3 Å². The highest BCUT2D eigenvalue weighted by molar-refractivity contribution is 5.80. The van der Waals surface area contributed by atoms with Crippen molar-refractivity contribution in [1.29, 1.82) is 0 Å². The number of carbonyl (C=O) groups excluding carboxylic acids is 1. The minimum Gasteiger partial charge on any atom is -0.481 e. The van der Waals surface area contributed by atoms with Crippen molar-refractivity contribution in [2.45, 2.75) is 39.0 Å². The zero-order valence-corrected chi connectivity index (χ0v) is 12.5. The summed E-state index contributed by atoms with van der Waals surface area (Å²) in [5.74, 6) is -1.15. The van der Waals surface area contributed by atoms with Gasteiger partial charge in [-0.1, -0.05) is 6.92 Å². The Morgan fingerprint density at radius 2 is 1.85 bits per heavy atom. The van der Waals surface area contributed by atoms with Gasteiger partial charge in [0.1, 0.15) is 0 Å². The minimum absolute atomic E-state index is 0.0499.